The summed E-state index contributed by atoms with van der Waals surface area (Å²) in [6, 6.07) is 1.28. The van der Waals surface area contributed by atoms with E-state index < -0.39 is 0 Å². The zero-order chi connectivity index (χ0) is 18.1. The fraction of sp³-hybridized carbons (Fsp3) is 0.783. The van der Waals surface area contributed by atoms with E-state index in [9.17, 15) is 0 Å². The lowest BCUT2D eigenvalue weighted by atomic mass is 9.73. The molecule has 0 spiro atoms. The molecule has 4 unspecified atom stereocenters. The van der Waals surface area contributed by atoms with Gasteiger partial charge < -0.3 is 0 Å². The second-order valence-electron chi connectivity index (χ2n) is 9.15. The van der Waals surface area contributed by atoms with E-state index in [0.717, 1.165) is 13.1 Å². The van der Waals surface area contributed by atoms with E-state index in [2.05, 4.69) is 55.3 Å². The molecule has 2 heteroatoms. The topological polar surface area (TPSA) is 6.25 Å². The predicted molar refractivity (Wildman–Crippen MR) is 105 cm³/mol. The minimum atomic E-state index is 0.471. The minimum absolute atomic E-state index is 0.471. The fourth-order valence-corrected chi connectivity index (χ4v) is 6.24. The Labute approximate surface area is 155 Å². The fourth-order valence-electron chi connectivity index (χ4n) is 6.24. The standard InChI is InChI=1S/C23H35N2/c1-7-20-11-16(3)22(17(4)12-20)24-9-10-25(15-24)23-18(5)13-21(8-2)14-19(23)6/h1-2,15-23H,9-14H2,3-6H3/q+1. The SMILES string of the molecule is C#CC1CC(C)C(N2C=[N+](C3C(C)CC(C#C)CC3C)CC2)C(C)C1. The first-order chi connectivity index (χ1) is 11.9. The highest BCUT2D eigenvalue weighted by molar-refractivity contribution is 5.51. The first-order valence-electron chi connectivity index (χ1n) is 10.2. The second kappa shape index (κ2) is 7.45. The molecule has 2 nitrogen and oxygen atoms in total. The molecule has 0 N–H and O–H groups in total. The summed E-state index contributed by atoms with van der Waals surface area (Å²) >= 11 is 0. The highest BCUT2D eigenvalue weighted by Gasteiger charge is 2.44. The summed E-state index contributed by atoms with van der Waals surface area (Å²) in [5.74, 6) is 9.64. The van der Waals surface area contributed by atoms with E-state index in [-0.39, 0.29) is 0 Å². The molecule has 0 aromatic heterocycles. The van der Waals surface area contributed by atoms with Crippen LogP contribution >= 0.6 is 0 Å². The van der Waals surface area contributed by atoms with Gasteiger partial charge in [0.15, 0.2) is 0 Å². The van der Waals surface area contributed by atoms with Crippen LogP contribution in [0.4, 0.5) is 0 Å². The average molecular weight is 340 g/mol. The number of hydrogen-bond donors (Lipinski definition) is 0. The summed E-state index contributed by atoms with van der Waals surface area (Å²) in [5.41, 5.74) is 0. The summed E-state index contributed by atoms with van der Waals surface area (Å²) < 4.78 is 2.63. The molecule has 136 valence electrons. The van der Waals surface area contributed by atoms with Gasteiger partial charge in [0.05, 0.1) is 0 Å². The van der Waals surface area contributed by atoms with Crippen LogP contribution in [0.1, 0.15) is 53.4 Å². The summed E-state index contributed by atoms with van der Waals surface area (Å²) in [5, 5.41) is 0. The van der Waals surface area contributed by atoms with E-state index in [1.54, 1.807) is 0 Å². The van der Waals surface area contributed by atoms with Crippen LogP contribution in [0.15, 0.2) is 0 Å². The van der Waals surface area contributed by atoms with E-state index >= 15 is 0 Å². The summed E-state index contributed by atoms with van der Waals surface area (Å²) in [6.07, 6.45) is 18.6. The van der Waals surface area contributed by atoms with Gasteiger partial charge in [-0.2, -0.15) is 0 Å². The lowest BCUT2D eigenvalue weighted by Gasteiger charge is -2.38. The van der Waals surface area contributed by atoms with Crippen molar-refractivity contribution in [2.24, 2.45) is 35.5 Å². The Morgan fingerprint density at radius 2 is 1.32 bits per heavy atom. The molecule has 2 fully saturated rings. The Balaban J connectivity index is 1.72. The van der Waals surface area contributed by atoms with Gasteiger partial charge in [0.2, 0.25) is 6.34 Å². The van der Waals surface area contributed by atoms with Gasteiger partial charge in [0.25, 0.3) is 0 Å². The number of rotatable bonds is 2. The molecule has 0 bridgehead atoms. The first kappa shape index (κ1) is 18.4. The Morgan fingerprint density at radius 1 is 0.840 bits per heavy atom. The highest BCUT2D eigenvalue weighted by atomic mass is 15.3. The zero-order valence-corrected chi connectivity index (χ0v) is 16.5. The van der Waals surface area contributed by atoms with E-state index in [0.29, 0.717) is 47.6 Å². The monoisotopic (exact) mass is 339 g/mol. The van der Waals surface area contributed by atoms with Crippen molar-refractivity contribution >= 4 is 6.34 Å². The van der Waals surface area contributed by atoms with Crippen molar-refractivity contribution < 1.29 is 4.58 Å². The molecule has 0 amide bonds. The highest BCUT2D eigenvalue weighted by Crippen LogP contribution is 2.38. The summed E-state index contributed by atoms with van der Waals surface area (Å²) in [4.78, 5) is 2.63. The van der Waals surface area contributed by atoms with Gasteiger partial charge in [-0.05, 0) is 49.4 Å². The molecule has 1 aliphatic heterocycles. The van der Waals surface area contributed by atoms with E-state index in [4.69, 9.17) is 12.8 Å². The second-order valence-corrected chi connectivity index (χ2v) is 9.15. The molecule has 25 heavy (non-hydrogen) atoms. The molecule has 3 rings (SSSR count). The van der Waals surface area contributed by atoms with Gasteiger partial charge in [0.1, 0.15) is 25.2 Å². The number of hydrogen-bond acceptors (Lipinski definition) is 1. The molecule has 4 atom stereocenters. The maximum Gasteiger partial charge on any atom is 0.234 e. The van der Waals surface area contributed by atoms with Crippen LogP contribution in [0.25, 0.3) is 0 Å². The van der Waals surface area contributed by atoms with Gasteiger partial charge >= 0.3 is 0 Å². The molecular formula is C23H35N2+. The maximum atomic E-state index is 5.71. The Bertz CT molecular complexity index is 568. The Hall–Kier alpha value is -1.41. The van der Waals surface area contributed by atoms with Crippen molar-refractivity contribution in [1.82, 2.24) is 4.90 Å². The maximum absolute atomic E-state index is 5.71. The van der Waals surface area contributed by atoms with Gasteiger partial charge in [-0.15, -0.1) is 24.7 Å². The quantitative estimate of drug-likeness (QED) is 0.549. The third kappa shape index (κ3) is 3.60. The molecule has 2 aliphatic carbocycles. The largest absolute Gasteiger partial charge is 0.261 e. The summed E-state index contributed by atoms with van der Waals surface area (Å²) in [6.45, 7) is 11.9. The van der Waals surface area contributed by atoms with Crippen molar-refractivity contribution in [3.63, 3.8) is 0 Å². The smallest absolute Gasteiger partial charge is 0.234 e. The van der Waals surface area contributed by atoms with Crippen LogP contribution in [0.3, 0.4) is 0 Å². The van der Waals surface area contributed by atoms with Crippen molar-refractivity contribution in [1.29, 1.82) is 0 Å². The molecular weight excluding hydrogens is 304 g/mol. The molecule has 0 saturated heterocycles. The Morgan fingerprint density at radius 3 is 1.80 bits per heavy atom. The van der Waals surface area contributed by atoms with E-state index in [1.807, 2.05) is 0 Å². The molecule has 1 heterocycles. The molecule has 3 aliphatic rings. The normalized spacial score (nSPS) is 44.7. The minimum Gasteiger partial charge on any atom is -0.261 e. The van der Waals surface area contributed by atoms with Gasteiger partial charge in [0, 0.05) is 11.8 Å². The lowest BCUT2D eigenvalue weighted by Crippen LogP contribution is -2.46. The van der Waals surface area contributed by atoms with Crippen LogP contribution in [0.5, 0.6) is 0 Å². The molecule has 0 radical (unpaired) electrons. The van der Waals surface area contributed by atoms with Crippen LogP contribution < -0.4 is 0 Å². The third-order valence-electron chi connectivity index (χ3n) is 7.11. The van der Waals surface area contributed by atoms with Crippen molar-refractivity contribution in [2.45, 2.75) is 65.5 Å². The van der Waals surface area contributed by atoms with Crippen molar-refractivity contribution in [2.75, 3.05) is 13.1 Å². The molecule has 2 saturated carbocycles. The van der Waals surface area contributed by atoms with Crippen LogP contribution in [-0.2, 0) is 0 Å². The van der Waals surface area contributed by atoms with Gasteiger partial charge in [-0.25, -0.2) is 0 Å². The predicted octanol–water partition coefficient (Wildman–Crippen LogP) is 3.71. The number of nitrogens with zero attached hydrogens (tertiary/aromatic N) is 2. The van der Waals surface area contributed by atoms with Gasteiger partial charge in [-0.3, -0.25) is 9.48 Å². The average Bonchev–Trinajstić information content (AvgIpc) is 3.02. The van der Waals surface area contributed by atoms with Crippen molar-refractivity contribution in [3.05, 3.63) is 0 Å². The Kier molecular flexibility index (Phi) is 5.48. The van der Waals surface area contributed by atoms with Crippen molar-refractivity contribution in [3.8, 4) is 24.7 Å². The van der Waals surface area contributed by atoms with Gasteiger partial charge in [-0.1, -0.05) is 27.7 Å². The van der Waals surface area contributed by atoms with E-state index in [1.165, 1.54) is 25.7 Å². The number of terminal acetylenes is 2. The lowest BCUT2D eigenvalue weighted by molar-refractivity contribution is -0.573. The summed E-state index contributed by atoms with van der Waals surface area (Å²) in [7, 11) is 0. The first-order valence-corrected chi connectivity index (χ1v) is 10.2. The third-order valence-corrected chi connectivity index (χ3v) is 7.11. The van der Waals surface area contributed by atoms with Crippen LogP contribution in [-0.4, -0.2) is 41.0 Å². The molecule has 0 aromatic rings. The van der Waals surface area contributed by atoms with Crippen LogP contribution in [0.2, 0.25) is 0 Å². The van der Waals surface area contributed by atoms with Crippen LogP contribution in [0, 0.1) is 60.2 Å². The molecule has 0 aromatic carbocycles. The zero-order valence-electron chi connectivity index (χ0n) is 16.5.